The monoisotopic (exact) mass is 338 g/mol. The van der Waals surface area contributed by atoms with E-state index in [-0.39, 0.29) is 5.41 Å². The van der Waals surface area contributed by atoms with Crippen LogP contribution in [0.25, 0.3) is 0 Å². The van der Waals surface area contributed by atoms with Gasteiger partial charge in [-0.05, 0) is 25.3 Å². The van der Waals surface area contributed by atoms with Crippen molar-refractivity contribution in [2.75, 3.05) is 0 Å². The molecule has 0 radical (unpaired) electrons. The van der Waals surface area contributed by atoms with Crippen LogP contribution in [-0.2, 0) is 11.8 Å². The van der Waals surface area contributed by atoms with Crippen molar-refractivity contribution < 1.29 is 9.05 Å². The van der Waals surface area contributed by atoms with Crippen molar-refractivity contribution in [3.8, 4) is 0 Å². The molecule has 0 aliphatic heterocycles. The third-order valence-corrected chi connectivity index (χ3v) is 5.04. The van der Waals surface area contributed by atoms with E-state index in [0.29, 0.717) is 29.9 Å². The third kappa shape index (κ3) is 3.08. The summed E-state index contributed by atoms with van der Waals surface area (Å²) in [5.41, 5.74) is 2.35. The molecule has 130 valence electrons. The Morgan fingerprint density at radius 2 is 1.72 bits per heavy atom. The molecule has 1 saturated carbocycles. The van der Waals surface area contributed by atoms with Gasteiger partial charge in [-0.3, -0.25) is 0 Å². The molecule has 1 aliphatic rings. The normalized spacial score (nSPS) is 16.9. The topological polar surface area (TPSA) is 77.8 Å². The van der Waals surface area contributed by atoms with Gasteiger partial charge in [-0.15, -0.1) is 0 Å². The zero-order valence-electron chi connectivity index (χ0n) is 14.7. The van der Waals surface area contributed by atoms with Crippen molar-refractivity contribution in [2.24, 2.45) is 0 Å². The highest BCUT2D eigenvalue weighted by Gasteiger charge is 2.41. The summed E-state index contributed by atoms with van der Waals surface area (Å²) in [6, 6.07) is 8.67. The largest absolute Gasteiger partial charge is 0.340 e. The Morgan fingerprint density at radius 3 is 2.44 bits per heavy atom. The minimum absolute atomic E-state index is 0.178. The van der Waals surface area contributed by atoms with Gasteiger partial charge < -0.3 is 9.05 Å². The predicted molar refractivity (Wildman–Crippen MR) is 91.2 cm³/mol. The molecule has 6 heteroatoms. The third-order valence-electron chi connectivity index (χ3n) is 5.04. The van der Waals surface area contributed by atoms with E-state index < -0.39 is 0 Å². The quantitative estimate of drug-likeness (QED) is 0.718. The molecule has 3 aromatic rings. The van der Waals surface area contributed by atoms with Gasteiger partial charge in [0, 0.05) is 6.92 Å². The van der Waals surface area contributed by atoms with Crippen molar-refractivity contribution in [1.29, 1.82) is 0 Å². The first-order valence-electron chi connectivity index (χ1n) is 8.85. The van der Waals surface area contributed by atoms with Gasteiger partial charge in [-0.25, -0.2) is 0 Å². The second-order valence-corrected chi connectivity index (χ2v) is 6.93. The number of hydrogen-bond donors (Lipinski definition) is 0. The van der Waals surface area contributed by atoms with E-state index in [1.54, 1.807) is 6.92 Å². The molecule has 6 nitrogen and oxygen atoms in total. The zero-order chi connectivity index (χ0) is 17.3. The molecule has 25 heavy (non-hydrogen) atoms. The molecule has 0 unspecified atom stereocenters. The lowest BCUT2D eigenvalue weighted by Gasteiger charge is -2.34. The molecule has 4 rings (SSSR count). The van der Waals surface area contributed by atoms with Crippen LogP contribution in [0.4, 0.5) is 0 Å². The van der Waals surface area contributed by atoms with Crippen LogP contribution in [0.3, 0.4) is 0 Å². The zero-order valence-corrected chi connectivity index (χ0v) is 14.7. The van der Waals surface area contributed by atoms with Crippen molar-refractivity contribution >= 4 is 0 Å². The number of aromatic nitrogens is 4. The number of nitrogens with zero attached hydrogens (tertiary/aromatic N) is 4. The maximum atomic E-state index is 5.73. The van der Waals surface area contributed by atoms with Gasteiger partial charge in [0.1, 0.15) is 0 Å². The Bertz CT molecular complexity index is 862. The van der Waals surface area contributed by atoms with Crippen LogP contribution in [-0.4, -0.2) is 20.3 Å². The van der Waals surface area contributed by atoms with Crippen LogP contribution in [0, 0.1) is 13.8 Å². The summed E-state index contributed by atoms with van der Waals surface area (Å²) in [4.78, 5) is 8.93. The molecule has 1 aromatic carbocycles. The number of rotatable bonds is 4. The Labute approximate surface area is 146 Å². The van der Waals surface area contributed by atoms with Gasteiger partial charge in [0.15, 0.2) is 11.6 Å². The average molecular weight is 338 g/mol. The van der Waals surface area contributed by atoms with Gasteiger partial charge in [-0.1, -0.05) is 59.4 Å². The molecule has 0 bridgehead atoms. The van der Waals surface area contributed by atoms with Crippen LogP contribution in [0.5, 0.6) is 0 Å². The lowest BCUT2D eigenvalue weighted by Crippen LogP contribution is -2.31. The van der Waals surface area contributed by atoms with Crippen molar-refractivity contribution in [2.45, 2.75) is 57.8 Å². The molecule has 2 aromatic heterocycles. The molecule has 0 spiro atoms. The van der Waals surface area contributed by atoms with Crippen LogP contribution in [0.15, 0.2) is 33.3 Å². The Hall–Kier alpha value is -2.50. The fraction of sp³-hybridized carbons (Fsp3) is 0.474. The standard InChI is InChI=1S/C19H22N4O2/c1-13-7-6-8-15(11-13)19(9-4-3-5-10-19)18-21-17(23-25-18)12-16-20-14(2)24-22-16/h6-8,11H,3-5,9-10,12H2,1-2H3. The first kappa shape index (κ1) is 16.0. The summed E-state index contributed by atoms with van der Waals surface area (Å²) >= 11 is 0. The van der Waals surface area contributed by atoms with E-state index >= 15 is 0 Å². The van der Waals surface area contributed by atoms with E-state index in [1.165, 1.54) is 30.4 Å². The van der Waals surface area contributed by atoms with E-state index in [9.17, 15) is 0 Å². The van der Waals surface area contributed by atoms with Crippen LogP contribution >= 0.6 is 0 Å². The predicted octanol–water partition coefficient (Wildman–Crippen LogP) is 3.91. The van der Waals surface area contributed by atoms with Crippen molar-refractivity contribution in [3.63, 3.8) is 0 Å². The fourth-order valence-electron chi connectivity index (χ4n) is 3.80. The summed E-state index contributed by atoms with van der Waals surface area (Å²) < 4.78 is 10.7. The van der Waals surface area contributed by atoms with Crippen LogP contribution in [0.1, 0.15) is 66.7 Å². The Kier molecular flexibility index (Phi) is 4.11. The molecule has 1 aliphatic carbocycles. The van der Waals surface area contributed by atoms with E-state index in [1.807, 2.05) is 0 Å². The summed E-state index contributed by atoms with van der Waals surface area (Å²) in [7, 11) is 0. The maximum absolute atomic E-state index is 5.73. The SMILES string of the molecule is Cc1cccc(C2(c3nc(Cc4noc(C)n4)no3)CCCCC2)c1. The van der Waals surface area contributed by atoms with Crippen molar-refractivity contribution in [3.05, 3.63) is 58.8 Å². The average Bonchev–Trinajstić information content (AvgIpc) is 3.25. The summed E-state index contributed by atoms with van der Waals surface area (Å²) in [5.74, 6) is 2.45. The molecular weight excluding hydrogens is 316 g/mol. The minimum Gasteiger partial charge on any atom is -0.340 e. The van der Waals surface area contributed by atoms with E-state index in [4.69, 9.17) is 14.0 Å². The summed E-state index contributed by atoms with van der Waals surface area (Å²) in [5, 5.41) is 8.09. The second-order valence-electron chi connectivity index (χ2n) is 6.93. The number of aryl methyl sites for hydroxylation is 2. The highest BCUT2D eigenvalue weighted by Crippen LogP contribution is 2.44. The molecular formula is C19H22N4O2. The lowest BCUT2D eigenvalue weighted by molar-refractivity contribution is 0.250. The van der Waals surface area contributed by atoms with Crippen LogP contribution < -0.4 is 0 Å². The molecule has 0 atom stereocenters. The lowest BCUT2D eigenvalue weighted by atomic mass is 9.69. The van der Waals surface area contributed by atoms with Gasteiger partial charge in [-0.2, -0.15) is 9.97 Å². The minimum atomic E-state index is -0.178. The molecule has 1 fully saturated rings. The van der Waals surface area contributed by atoms with Gasteiger partial charge >= 0.3 is 0 Å². The first-order chi connectivity index (χ1) is 12.2. The molecule has 0 N–H and O–H groups in total. The summed E-state index contributed by atoms with van der Waals surface area (Å²) in [6.45, 7) is 3.89. The first-order valence-corrected chi connectivity index (χ1v) is 8.85. The highest BCUT2D eigenvalue weighted by molar-refractivity contribution is 5.35. The summed E-state index contributed by atoms with van der Waals surface area (Å²) in [6.07, 6.45) is 6.12. The van der Waals surface area contributed by atoms with Gasteiger partial charge in [0.25, 0.3) is 0 Å². The Morgan fingerprint density at radius 1 is 0.960 bits per heavy atom. The molecule has 0 amide bonds. The van der Waals surface area contributed by atoms with E-state index in [2.05, 4.69) is 46.5 Å². The van der Waals surface area contributed by atoms with Crippen LogP contribution in [0.2, 0.25) is 0 Å². The second kappa shape index (κ2) is 6.43. The number of hydrogen-bond acceptors (Lipinski definition) is 6. The molecule has 2 heterocycles. The number of benzene rings is 1. The smallest absolute Gasteiger partial charge is 0.237 e. The van der Waals surface area contributed by atoms with Gasteiger partial charge in [0.05, 0.1) is 11.8 Å². The highest BCUT2D eigenvalue weighted by atomic mass is 16.5. The Balaban J connectivity index is 1.68. The maximum Gasteiger partial charge on any atom is 0.237 e. The fourth-order valence-corrected chi connectivity index (χ4v) is 3.80. The van der Waals surface area contributed by atoms with Crippen molar-refractivity contribution in [1.82, 2.24) is 20.3 Å². The van der Waals surface area contributed by atoms with E-state index in [0.717, 1.165) is 12.8 Å². The molecule has 0 saturated heterocycles. The van der Waals surface area contributed by atoms with Gasteiger partial charge in [0.2, 0.25) is 11.8 Å².